The van der Waals surface area contributed by atoms with E-state index in [2.05, 4.69) is 20.6 Å². The zero-order valence-electron chi connectivity index (χ0n) is 13.2. The number of aryl methyl sites for hydroxylation is 1. The van der Waals surface area contributed by atoms with E-state index in [4.69, 9.17) is 11.6 Å². The predicted molar refractivity (Wildman–Crippen MR) is 105 cm³/mol. The topological polar surface area (TPSA) is 66.9 Å². The van der Waals surface area contributed by atoms with Gasteiger partial charge in [0.1, 0.15) is 0 Å². The number of thiazole rings is 2. The minimum absolute atomic E-state index is 0.286. The van der Waals surface area contributed by atoms with Gasteiger partial charge in [0.15, 0.2) is 5.13 Å². The van der Waals surface area contributed by atoms with E-state index >= 15 is 0 Å². The number of fused-ring (bicyclic) bond motifs is 3. The first-order valence-electron chi connectivity index (χ1n) is 7.54. The number of benzene rings is 2. The van der Waals surface area contributed by atoms with Gasteiger partial charge in [-0.15, -0.1) is 11.3 Å². The highest BCUT2D eigenvalue weighted by Gasteiger charge is 2.12. The number of nitrogens with one attached hydrogen (secondary N) is 2. The van der Waals surface area contributed by atoms with E-state index in [9.17, 15) is 4.79 Å². The molecule has 0 aliphatic rings. The Morgan fingerprint density at radius 3 is 2.48 bits per heavy atom. The van der Waals surface area contributed by atoms with Crippen LogP contribution in [0.5, 0.6) is 0 Å². The molecule has 0 radical (unpaired) electrons. The van der Waals surface area contributed by atoms with E-state index < -0.39 is 0 Å². The van der Waals surface area contributed by atoms with Crippen molar-refractivity contribution in [3.63, 3.8) is 0 Å². The molecule has 0 saturated heterocycles. The van der Waals surface area contributed by atoms with Crippen LogP contribution in [0.15, 0.2) is 36.4 Å². The first-order valence-corrected chi connectivity index (χ1v) is 9.55. The lowest BCUT2D eigenvalue weighted by molar-refractivity contribution is 0.251. The lowest BCUT2D eigenvalue weighted by atomic mass is 10.2. The fourth-order valence-electron chi connectivity index (χ4n) is 2.46. The van der Waals surface area contributed by atoms with E-state index in [-0.39, 0.29) is 6.03 Å². The number of nitrogens with zero attached hydrogens (tertiary/aromatic N) is 2. The van der Waals surface area contributed by atoms with Crippen molar-refractivity contribution in [2.24, 2.45) is 0 Å². The zero-order valence-corrected chi connectivity index (χ0v) is 15.6. The second kappa shape index (κ2) is 6.59. The van der Waals surface area contributed by atoms with E-state index in [1.165, 1.54) is 11.3 Å². The van der Waals surface area contributed by atoms with Crippen LogP contribution in [0.25, 0.3) is 20.4 Å². The van der Waals surface area contributed by atoms with Gasteiger partial charge in [0.25, 0.3) is 0 Å². The SMILES string of the molecule is Cc1nc2ccc3nc(NC(=O)NCc4ccc(Cl)cc4)sc3c2s1. The average molecular weight is 389 g/mol. The molecule has 0 fully saturated rings. The van der Waals surface area contributed by atoms with Gasteiger partial charge in [0.2, 0.25) is 0 Å². The first-order chi connectivity index (χ1) is 12.1. The largest absolute Gasteiger partial charge is 0.334 e. The van der Waals surface area contributed by atoms with E-state index in [1.54, 1.807) is 23.5 Å². The Hall–Kier alpha value is -2.22. The summed E-state index contributed by atoms with van der Waals surface area (Å²) < 4.78 is 2.17. The van der Waals surface area contributed by atoms with Gasteiger partial charge in [-0.3, -0.25) is 5.32 Å². The lowest BCUT2D eigenvalue weighted by Crippen LogP contribution is -2.28. The monoisotopic (exact) mass is 388 g/mol. The Labute approximate surface area is 156 Å². The fraction of sp³-hybridized carbons (Fsp3) is 0.118. The van der Waals surface area contributed by atoms with E-state index in [0.717, 1.165) is 31.0 Å². The van der Waals surface area contributed by atoms with Crippen molar-refractivity contribution in [2.45, 2.75) is 13.5 Å². The molecule has 0 saturated carbocycles. The quantitative estimate of drug-likeness (QED) is 0.507. The third kappa shape index (κ3) is 3.44. The predicted octanol–water partition coefficient (Wildman–Crippen LogP) is 5.19. The van der Waals surface area contributed by atoms with Gasteiger partial charge in [-0.1, -0.05) is 35.1 Å². The number of urea groups is 1. The van der Waals surface area contributed by atoms with Crippen LogP contribution < -0.4 is 10.6 Å². The Kier molecular flexibility index (Phi) is 4.29. The van der Waals surface area contributed by atoms with Crippen LogP contribution in [0.4, 0.5) is 9.93 Å². The molecule has 2 aromatic heterocycles. The summed E-state index contributed by atoms with van der Waals surface area (Å²) >= 11 is 8.96. The summed E-state index contributed by atoms with van der Waals surface area (Å²) in [7, 11) is 0. The summed E-state index contributed by atoms with van der Waals surface area (Å²) in [5.41, 5.74) is 2.82. The summed E-state index contributed by atoms with van der Waals surface area (Å²) in [6.07, 6.45) is 0. The van der Waals surface area contributed by atoms with E-state index in [1.807, 2.05) is 31.2 Å². The molecule has 2 heterocycles. The minimum Gasteiger partial charge on any atom is -0.334 e. The van der Waals surface area contributed by atoms with Crippen molar-refractivity contribution in [1.82, 2.24) is 15.3 Å². The molecule has 25 heavy (non-hydrogen) atoms. The number of amides is 2. The highest BCUT2D eigenvalue weighted by atomic mass is 35.5. The molecule has 0 bridgehead atoms. The van der Waals surface area contributed by atoms with Crippen LogP contribution in [-0.4, -0.2) is 16.0 Å². The Morgan fingerprint density at radius 1 is 1.04 bits per heavy atom. The van der Waals surface area contributed by atoms with Crippen LogP contribution in [0.3, 0.4) is 0 Å². The molecular formula is C17H13ClN4OS2. The molecule has 5 nitrogen and oxygen atoms in total. The number of carbonyl (C=O) groups is 1. The number of hydrogen-bond donors (Lipinski definition) is 2. The highest BCUT2D eigenvalue weighted by molar-refractivity contribution is 7.28. The van der Waals surface area contributed by atoms with Gasteiger partial charge in [-0.25, -0.2) is 14.8 Å². The van der Waals surface area contributed by atoms with Gasteiger partial charge in [-0.05, 0) is 36.8 Å². The van der Waals surface area contributed by atoms with Crippen LogP contribution in [0, 0.1) is 6.92 Å². The smallest absolute Gasteiger partial charge is 0.321 e. The van der Waals surface area contributed by atoms with Gasteiger partial charge >= 0.3 is 6.03 Å². The second-order valence-electron chi connectivity index (χ2n) is 5.45. The van der Waals surface area contributed by atoms with Crippen LogP contribution in [-0.2, 0) is 6.54 Å². The molecule has 4 rings (SSSR count). The first kappa shape index (κ1) is 16.3. The molecule has 2 aromatic carbocycles. The summed E-state index contributed by atoms with van der Waals surface area (Å²) in [5, 5.41) is 7.88. The molecule has 0 unspecified atom stereocenters. The molecule has 0 aliphatic heterocycles. The van der Waals surface area contributed by atoms with Crippen LogP contribution >= 0.6 is 34.3 Å². The molecule has 8 heteroatoms. The minimum atomic E-state index is -0.286. The molecule has 0 atom stereocenters. The van der Waals surface area contributed by atoms with Crippen LogP contribution in [0.2, 0.25) is 5.02 Å². The van der Waals surface area contributed by atoms with E-state index in [0.29, 0.717) is 16.7 Å². The molecule has 126 valence electrons. The van der Waals surface area contributed by atoms with Gasteiger partial charge in [0, 0.05) is 11.6 Å². The number of rotatable bonds is 3. The zero-order chi connectivity index (χ0) is 17.4. The molecule has 4 aromatic rings. The van der Waals surface area contributed by atoms with Crippen molar-refractivity contribution >= 4 is 65.9 Å². The van der Waals surface area contributed by atoms with Gasteiger partial charge in [0.05, 0.1) is 25.4 Å². The lowest BCUT2D eigenvalue weighted by Gasteiger charge is -2.05. The Bertz CT molecular complexity index is 1070. The standard InChI is InChI=1S/C17H13ClN4OS2/c1-9-20-12-6-7-13-15(14(12)24-9)25-17(21-13)22-16(23)19-8-10-2-4-11(18)5-3-10/h2-7H,8H2,1H3,(H2,19,21,22,23). The molecule has 2 amide bonds. The van der Waals surface area contributed by atoms with Crippen molar-refractivity contribution in [1.29, 1.82) is 0 Å². The normalized spacial score (nSPS) is 11.1. The number of hydrogen-bond acceptors (Lipinski definition) is 5. The second-order valence-corrected chi connectivity index (χ2v) is 8.09. The van der Waals surface area contributed by atoms with Crippen molar-refractivity contribution in [2.75, 3.05) is 5.32 Å². The van der Waals surface area contributed by atoms with Gasteiger partial charge in [-0.2, -0.15) is 0 Å². The maximum absolute atomic E-state index is 12.1. The fourth-order valence-corrected chi connectivity index (χ4v) is 4.59. The Morgan fingerprint density at radius 2 is 1.72 bits per heavy atom. The van der Waals surface area contributed by atoms with Crippen molar-refractivity contribution in [3.8, 4) is 0 Å². The summed E-state index contributed by atoms with van der Waals surface area (Å²) in [6.45, 7) is 2.41. The molecule has 0 spiro atoms. The van der Waals surface area contributed by atoms with Crippen molar-refractivity contribution in [3.05, 3.63) is 52.0 Å². The summed E-state index contributed by atoms with van der Waals surface area (Å²) in [4.78, 5) is 21.1. The molecule has 0 aliphatic carbocycles. The number of anilines is 1. The number of aromatic nitrogens is 2. The molecule has 2 N–H and O–H groups in total. The number of halogens is 1. The maximum Gasteiger partial charge on any atom is 0.321 e. The average Bonchev–Trinajstić information content (AvgIpc) is 3.16. The third-order valence-corrected chi connectivity index (χ3v) is 6.00. The summed E-state index contributed by atoms with van der Waals surface area (Å²) in [5.74, 6) is 0. The highest BCUT2D eigenvalue weighted by Crippen LogP contribution is 2.35. The third-order valence-electron chi connectivity index (χ3n) is 3.61. The van der Waals surface area contributed by atoms with Crippen molar-refractivity contribution < 1.29 is 4.79 Å². The van der Waals surface area contributed by atoms with Crippen LogP contribution in [0.1, 0.15) is 10.6 Å². The molecular weight excluding hydrogens is 376 g/mol. The van der Waals surface area contributed by atoms with Gasteiger partial charge < -0.3 is 5.32 Å². The number of carbonyl (C=O) groups excluding carboxylic acids is 1. The maximum atomic E-state index is 12.1. The Balaban J connectivity index is 1.49. The summed E-state index contributed by atoms with van der Waals surface area (Å²) in [6, 6.07) is 11.0.